The van der Waals surface area contributed by atoms with Gasteiger partial charge in [0.25, 0.3) is 0 Å². The molecule has 0 radical (unpaired) electrons. The molecule has 16 heteroatoms. The molecule has 250 valence electrons. The minimum Gasteiger partial charge on any atom is -0.480 e. The largest absolute Gasteiger partial charge is 0.480 e. The maximum Gasteiger partial charge on any atom is 0.317 e. The average molecular weight is 623 g/mol. The summed E-state index contributed by atoms with van der Waals surface area (Å²) in [6.45, 7) is 3.15. The molecule has 0 bridgehead atoms. The Hall–Kier alpha value is -2.25. The van der Waals surface area contributed by atoms with Crippen LogP contribution in [0.4, 0.5) is 0 Å². The number of aliphatic hydroxyl groups is 6. The van der Waals surface area contributed by atoms with Crippen molar-refractivity contribution in [2.45, 2.75) is 56.7 Å². The number of aliphatic carboxylic acids is 3. The summed E-state index contributed by atoms with van der Waals surface area (Å²) in [7, 11) is 0. The summed E-state index contributed by atoms with van der Waals surface area (Å²) in [4.78, 5) is 41.2. The third-order valence-corrected chi connectivity index (χ3v) is 7.37. The van der Waals surface area contributed by atoms with Crippen molar-refractivity contribution in [1.82, 2.24) is 19.6 Å². The molecule has 9 N–H and O–H groups in total. The first kappa shape index (κ1) is 38.8. The summed E-state index contributed by atoms with van der Waals surface area (Å²) in [5.41, 5.74) is 0.808. The van der Waals surface area contributed by atoms with Crippen molar-refractivity contribution >= 4 is 17.9 Å². The third kappa shape index (κ3) is 17.0. The van der Waals surface area contributed by atoms with Gasteiger partial charge in [-0.3, -0.25) is 34.0 Å². The second-order valence-corrected chi connectivity index (χ2v) is 11.1. The van der Waals surface area contributed by atoms with E-state index >= 15 is 0 Å². The molecule has 0 aromatic heterocycles. The molecule has 1 fully saturated rings. The number of carbonyl (C=O) groups is 3. The van der Waals surface area contributed by atoms with Crippen LogP contribution in [0.3, 0.4) is 0 Å². The zero-order valence-electron chi connectivity index (χ0n) is 24.8. The van der Waals surface area contributed by atoms with Crippen molar-refractivity contribution in [3.05, 3.63) is 11.6 Å². The number of hydrogen-bond donors (Lipinski definition) is 9. The lowest BCUT2D eigenvalue weighted by Crippen LogP contribution is -2.49. The van der Waals surface area contributed by atoms with E-state index in [1.54, 1.807) is 27.7 Å². The van der Waals surface area contributed by atoms with Crippen molar-refractivity contribution < 1.29 is 60.3 Å². The number of hydrogen-bond acceptors (Lipinski definition) is 13. The van der Waals surface area contributed by atoms with Gasteiger partial charge in [0.15, 0.2) is 0 Å². The minimum absolute atomic E-state index is 0.0731. The van der Waals surface area contributed by atoms with Crippen LogP contribution >= 0.6 is 0 Å². The van der Waals surface area contributed by atoms with Crippen LogP contribution in [0.5, 0.6) is 0 Å². The first-order valence-electron chi connectivity index (χ1n) is 14.4. The van der Waals surface area contributed by atoms with Crippen LogP contribution in [0, 0.1) is 0 Å². The maximum absolute atomic E-state index is 11.4. The zero-order valence-corrected chi connectivity index (χ0v) is 24.8. The molecule has 0 spiro atoms. The van der Waals surface area contributed by atoms with Gasteiger partial charge in [0.05, 0.1) is 38.4 Å². The normalized spacial score (nSPS) is 21.2. The van der Waals surface area contributed by atoms with Crippen LogP contribution < -0.4 is 0 Å². The van der Waals surface area contributed by atoms with Gasteiger partial charge in [0.1, 0.15) is 18.3 Å². The van der Waals surface area contributed by atoms with E-state index in [0.29, 0.717) is 58.8 Å². The Labute approximate surface area is 251 Å². The van der Waals surface area contributed by atoms with Gasteiger partial charge < -0.3 is 46.0 Å². The number of aliphatic hydroxyl groups excluding tert-OH is 6. The molecule has 1 saturated heterocycles. The van der Waals surface area contributed by atoms with Gasteiger partial charge in [0.2, 0.25) is 0 Å². The second kappa shape index (κ2) is 20.7. The van der Waals surface area contributed by atoms with Gasteiger partial charge in [-0.25, -0.2) is 0 Å². The Morgan fingerprint density at radius 3 is 1.40 bits per heavy atom. The van der Waals surface area contributed by atoms with E-state index in [4.69, 9.17) is 5.11 Å². The molecule has 5 atom stereocenters. The molecular formula is C27H50N4O12. The van der Waals surface area contributed by atoms with Gasteiger partial charge >= 0.3 is 17.9 Å². The lowest BCUT2D eigenvalue weighted by molar-refractivity contribution is -0.140. The number of β-amino-alcohol motifs (C(OH)–C–C–N with tert-alkyl or cyclic N) is 1. The predicted molar refractivity (Wildman–Crippen MR) is 153 cm³/mol. The van der Waals surface area contributed by atoms with Gasteiger partial charge in [-0.2, -0.15) is 0 Å². The molecular weight excluding hydrogens is 572 g/mol. The quantitative estimate of drug-likeness (QED) is 0.0710. The lowest BCUT2D eigenvalue weighted by Gasteiger charge is -2.33. The molecule has 1 heterocycles. The van der Waals surface area contributed by atoms with E-state index in [9.17, 15) is 55.2 Å². The third-order valence-electron chi connectivity index (χ3n) is 7.37. The van der Waals surface area contributed by atoms with Crippen LogP contribution in [0.2, 0.25) is 0 Å². The highest BCUT2D eigenvalue weighted by Crippen LogP contribution is 2.15. The first-order chi connectivity index (χ1) is 20.2. The van der Waals surface area contributed by atoms with E-state index in [0.717, 1.165) is 5.57 Å². The van der Waals surface area contributed by atoms with Crippen LogP contribution in [-0.2, 0) is 14.4 Å². The zero-order chi connectivity index (χ0) is 32.5. The monoisotopic (exact) mass is 622 g/mol. The average Bonchev–Trinajstić information content (AvgIpc) is 2.93. The van der Waals surface area contributed by atoms with Gasteiger partial charge in [-0.15, -0.1) is 0 Å². The highest BCUT2D eigenvalue weighted by molar-refractivity contribution is 5.69. The summed E-state index contributed by atoms with van der Waals surface area (Å²) in [5, 5.41) is 86.9. The van der Waals surface area contributed by atoms with E-state index in [1.165, 1.54) is 0 Å². The standard InChI is InChI=1S/C27H50N4O12/c1-19(3-5-21(34)26(42)27(43)22(35)18-32)2-4-20(33)14-28-6-8-29(15-23(36)37)10-12-31(17-25(40)41)13-11-30(9-7-28)16-24(38)39/h2,20-22,26-27,32-35,42-43H,3-18H2,1H3,(H,36,37)(H,38,39)(H,40,41)/b19-2+. The number of nitrogens with zero attached hydrogens (tertiary/aromatic N) is 4. The Kier molecular flexibility index (Phi) is 18.6. The Bertz CT molecular complexity index is 847. The van der Waals surface area contributed by atoms with E-state index in [1.807, 2.05) is 4.90 Å². The predicted octanol–water partition coefficient (Wildman–Crippen LogP) is -3.62. The number of rotatable bonds is 17. The fraction of sp³-hybridized carbons (Fsp3) is 0.815. The van der Waals surface area contributed by atoms with Crippen molar-refractivity contribution in [1.29, 1.82) is 0 Å². The maximum atomic E-state index is 11.4. The minimum atomic E-state index is -1.70. The summed E-state index contributed by atoms with van der Waals surface area (Å²) in [6, 6.07) is 0. The van der Waals surface area contributed by atoms with Crippen molar-refractivity contribution in [2.24, 2.45) is 0 Å². The molecule has 0 aliphatic carbocycles. The molecule has 0 amide bonds. The Morgan fingerprint density at radius 2 is 1.02 bits per heavy atom. The van der Waals surface area contributed by atoms with Crippen LogP contribution in [0.25, 0.3) is 0 Å². The van der Waals surface area contributed by atoms with Crippen molar-refractivity contribution in [3.63, 3.8) is 0 Å². The van der Waals surface area contributed by atoms with E-state index < -0.39 is 55.0 Å². The molecule has 0 aromatic carbocycles. The van der Waals surface area contributed by atoms with E-state index in [2.05, 4.69) is 0 Å². The smallest absolute Gasteiger partial charge is 0.317 e. The Morgan fingerprint density at radius 1 is 0.651 bits per heavy atom. The van der Waals surface area contributed by atoms with Gasteiger partial charge in [-0.1, -0.05) is 11.6 Å². The van der Waals surface area contributed by atoms with Gasteiger partial charge in [0, 0.05) is 58.9 Å². The molecule has 0 saturated carbocycles. The summed E-state index contributed by atoms with van der Waals surface area (Å²) < 4.78 is 0. The highest BCUT2D eigenvalue weighted by atomic mass is 16.4. The molecule has 1 rings (SSSR count). The molecule has 5 unspecified atom stereocenters. The van der Waals surface area contributed by atoms with Crippen LogP contribution in [-0.4, -0.2) is 199 Å². The van der Waals surface area contributed by atoms with Crippen molar-refractivity contribution in [3.8, 4) is 0 Å². The lowest BCUT2D eigenvalue weighted by atomic mass is 9.98. The molecule has 0 aromatic rings. The fourth-order valence-corrected chi connectivity index (χ4v) is 4.73. The van der Waals surface area contributed by atoms with Crippen LogP contribution in [0.1, 0.15) is 26.2 Å². The van der Waals surface area contributed by atoms with E-state index in [-0.39, 0.29) is 39.0 Å². The molecule has 1 aliphatic rings. The number of carboxylic acid groups (broad SMARTS) is 3. The topological polar surface area (TPSA) is 246 Å². The van der Waals surface area contributed by atoms with Gasteiger partial charge in [-0.05, 0) is 26.2 Å². The summed E-state index contributed by atoms with van der Waals surface area (Å²) in [5.74, 6) is -3.07. The summed E-state index contributed by atoms with van der Waals surface area (Å²) in [6.07, 6.45) is -4.63. The van der Waals surface area contributed by atoms with Crippen molar-refractivity contribution in [2.75, 3.05) is 85.1 Å². The number of allylic oxidation sites excluding steroid dienone is 1. The number of carboxylic acids is 3. The van der Waals surface area contributed by atoms with Crippen LogP contribution in [0.15, 0.2) is 11.6 Å². The highest BCUT2D eigenvalue weighted by Gasteiger charge is 2.29. The fourth-order valence-electron chi connectivity index (χ4n) is 4.73. The molecule has 43 heavy (non-hydrogen) atoms. The summed E-state index contributed by atoms with van der Waals surface area (Å²) >= 11 is 0. The molecule has 1 aliphatic heterocycles. The first-order valence-corrected chi connectivity index (χ1v) is 14.4. The molecule has 16 nitrogen and oxygen atoms in total. The SMILES string of the molecule is C/C(=C\CC(O)CN1CCN(CC(=O)O)CCN(CC(=O)O)CCN(CC(=O)O)CC1)CCC(O)C(O)C(O)C(O)CO. The Balaban J connectivity index is 2.83. The second-order valence-electron chi connectivity index (χ2n) is 11.1.